The number of nitrogens with two attached hydrogens (primary N) is 1. The molecular formula is C21H27N4O6P. The highest BCUT2D eigenvalue weighted by molar-refractivity contribution is 7.65. The number of nitrogens with one attached hydrogen (secondary N) is 1. The van der Waals surface area contributed by atoms with E-state index < -0.39 is 18.8 Å². The highest BCUT2D eigenvalue weighted by Crippen LogP contribution is 2.50. The van der Waals surface area contributed by atoms with Gasteiger partial charge in [0.15, 0.2) is 18.2 Å². The molecule has 2 aromatic rings. The number of nitrogens with zero attached hydrogens (tertiary/aromatic N) is 2. The highest BCUT2D eigenvalue weighted by atomic mass is 31.2. The second-order valence-electron chi connectivity index (χ2n) is 9.25. The summed E-state index contributed by atoms with van der Waals surface area (Å²) in [7, 11) is -4.28. The molecule has 10 nitrogen and oxygen atoms in total. The van der Waals surface area contributed by atoms with Gasteiger partial charge >= 0.3 is 7.52 Å². The molecule has 1 aromatic carbocycles. The van der Waals surface area contributed by atoms with Gasteiger partial charge in [0.2, 0.25) is 5.88 Å². The largest absolute Gasteiger partial charge is 0.505 e. The second kappa shape index (κ2) is 7.56. The van der Waals surface area contributed by atoms with Crippen LogP contribution in [0.5, 0.6) is 17.4 Å². The first-order valence-electron chi connectivity index (χ1n) is 10.3. The zero-order valence-corrected chi connectivity index (χ0v) is 19.0. The number of amides is 1. The third-order valence-electron chi connectivity index (χ3n) is 5.45. The van der Waals surface area contributed by atoms with Crippen LogP contribution in [0.3, 0.4) is 0 Å². The summed E-state index contributed by atoms with van der Waals surface area (Å²) in [5, 5.41) is 25.0. The number of fused-ring (bicyclic) bond motifs is 1. The number of anilines is 1. The van der Waals surface area contributed by atoms with Gasteiger partial charge in [0, 0.05) is 12.0 Å². The van der Waals surface area contributed by atoms with Gasteiger partial charge in [0.05, 0.1) is 16.7 Å². The minimum Gasteiger partial charge on any atom is -0.505 e. The molecule has 11 heteroatoms. The van der Waals surface area contributed by atoms with Crippen LogP contribution in [0.1, 0.15) is 44.9 Å². The molecule has 172 valence electrons. The Kier molecular flexibility index (Phi) is 5.26. The lowest BCUT2D eigenvalue weighted by atomic mass is 9.91. The molecule has 1 atom stereocenters. The number of hydrogen-bond acceptors (Lipinski definition) is 6. The van der Waals surface area contributed by atoms with Crippen molar-refractivity contribution in [1.29, 1.82) is 0 Å². The molecule has 1 unspecified atom stereocenters. The molecule has 0 spiro atoms. The Balaban J connectivity index is 1.77. The fourth-order valence-corrected chi connectivity index (χ4v) is 5.13. The summed E-state index contributed by atoms with van der Waals surface area (Å²) < 4.78 is 23.9. The number of amidine groups is 1. The van der Waals surface area contributed by atoms with Crippen LogP contribution in [0.15, 0.2) is 23.0 Å². The highest BCUT2D eigenvalue weighted by Gasteiger charge is 2.38. The standard InChI is InChI=1S/C21H27N4O6P/c1-21(2,3)18-17(27)16(20(28)25(18)9-11-4-5-11)19-23-13-7-6-12(31-10-15(22)26)8-14(13)32(29,30)24-19/h6-8,11,27-28H,4-5,9-10H2,1-3H3,(H2,22,26)(H2,23,24,29,30). The summed E-state index contributed by atoms with van der Waals surface area (Å²) in [6.07, 6.45) is 2.10. The van der Waals surface area contributed by atoms with E-state index in [4.69, 9.17) is 10.5 Å². The first-order chi connectivity index (χ1) is 14.9. The van der Waals surface area contributed by atoms with E-state index in [1.54, 1.807) is 4.57 Å². The number of carbonyl (C=O) groups excluding carboxylic acids is 1. The Morgan fingerprint density at radius 3 is 2.62 bits per heavy atom. The number of benzene rings is 1. The van der Waals surface area contributed by atoms with Crippen LogP contribution in [0.4, 0.5) is 5.69 Å². The number of primary amides is 1. The third-order valence-corrected chi connectivity index (χ3v) is 6.92. The topological polar surface area (TPSA) is 159 Å². The van der Waals surface area contributed by atoms with Crippen molar-refractivity contribution in [2.75, 3.05) is 11.9 Å². The molecule has 2 aliphatic rings. The monoisotopic (exact) mass is 462 g/mol. The van der Waals surface area contributed by atoms with Gasteiger partial charge in [-0.25, -0.2) is 0 Å². The molecule has 2 heterocycles. The van der Waals surface area contributed by atoms with Crippen molar-refractivity contribution in [1.82, 2.24) is 4.57 Å². The summed E-state index contributed by atoms with van der Waals surface area (Å²) >= 11 is 0. The van der Waals surface area contributed by atoms with Crippen LogP contribution >= 0.6 is 7.52 Å². The van der Waals surface area contributed by atoms with E-state index in [-0.39, 0.29) is 46.4 Å². The molecule has 0 saturated heterocycles. The number of hydrogen-bond donors (Lipinski definition) is 5. The van der Waals surface area contributed by atoms with E-state index in [0.29, 0.717) is 18.2 Å². The summed E-state index contributed by atoms with van der Waals surface area (Å²) in [6, 6.07) is 4.32. The maximum absolute atomic E-state index is 13.0. The molecule has 0 bridgehead atoms. The zero-order chi connectivity index (χ0) is 23.4. The van der Waals surface area contributed by atoms with Gasteiger partial charge < -0.3 is 35.5 Å². The van der Waals surface area contributed by atoms with E-state index in [1.165, 1.54) is 18.2 Å². The number of carbonyl (C=O) groups is 1. The van der Waals surface area contributed by atoms with Crippen LogP contribution in [0.25, 0.3) is 0 Å². The second-order valence-corrected chi connectivity index (χ2v) is 11.0. The molecule has 1 fully saturated rings. The first-order valence-corrected chi connectivity index (χ1v) is 11.9. The van der Waals surface area contributed by atoms with E-state index in [0.717, 1.165) is 12.8 Å². The Morgan fingerprint density at radius 2 is 2.03 bits per heavy atom. The molecule has 6 N–H and O–H groups in total. The third kappa shape index (κ3) is 4.08. The van der Waals surface area contributed by atoms with Crippen molar-refractivity contribution in [3.63, 3.8) is 0 Å². The normalized spacial score (nSPS) is 20.3. The maximum atomic E-state index is 13.0. The summed E-state index contributed by atoms with van der Waals surface area (Å²) in [5.74, 6) is -0.531. The van der Waals surface area contributed by atoms with Gasteiger partial charge in [0.1, 0.15) is 11.3 Å². The Hall–Kier alpha value is -2.97. The quantitative estimate of drug-likeness (QED) is 0.411. The Labute approximate surface area is 185 Å². The molecule has 0 radical (unpaired) electrons. The molecule has 1 saturated carbocycles. The van der Waals surface area contributed by atoms with Crippen LogP contribution in [-0.4, -0.2) is 38.0 Å². The average molecular weight is 462 g/mol. The average Bonchev–Trinajstić information content (AvgIpc) is 3.44. The SMILES string of the molecule is CC(C)(C)c1c(O)c(C2=NP(=O)(O)c3cc(OCC(N)=O)ccc3N2)c(O)n1CC1CC1. The van der Waals surface area contributed by atoms with E-state index in [9.17, 15) is 24.5 Å². The number of aromatic hydroxyl groups is 2. The summed E-state index contributed by atoms with van der Waals surface area (Å²) in [4.78, 5) is 21.6. The molecule has 1 amide bonds. The lowest BCUT2D eigenvalue weighted by Gasteiger charge is -2.22. The Bertz CT molecular complexity index is 1180. The molecule has 1 aliphatic carbocycles. The van der Waals surface area contributed by atoms with Gasteiger partial charge in [-0.1, -0.05) is 20.8 Å². The lowest BCUT2D eigenvalue weighted by molar-refractivity contribution is -0.119. The molecule has 1 aliphatic heterocycles. The van der Waals surface area contributed by atoms with Crippen LogP contribution in [0, 0.1) is 5.92 Å². The number of aromatic nitrogens is 1. The van der Waals surface area contributed by atoms with Crippen LogP contribution < -0.4 is 21.1 Å². The fourth-order valence-electron chi connectivity index (χ4n) is 3.86. The number of rotatable bonds is 6. The fraction of sp³-hybridized carbons (Fsp3) is 0.429. The zero-order valence-electron chi connectivity index (χ0n) is 18.1. The first kappa shape index (κ1) is 22.2. The van der Waals surface area contributed by atoms with Gasteiger partial charge in [-0.15, -0.1) is 0 Å². The predicted molar refractivity (Wildman–Crippen MR) is 120 cm³/mol. The van der Waals surface area contributed by atoms with Crippen molar-refractivity contribution in [3.8, 4) is 17.4 Å². The van der Waals surface area contributed by atoms with E-state index in [2.05, 4.69) is 10.1 Å². The summed E-state index contributed by atoms with van der Waals surface area (Å²) in [5.41, 5.74) is 5.38. The van der Waals surface area contributed by atoms with Crippen molar-refractivity contribution >= 4 is 30.3 Å². The molecule has 4 rings (SSSR count). The Morgan fingerprint density at radius 1 is 1.34 bits per heavy atom. The minimum absolute atomic E-state index is 0.00967. The van der Waals surface area contributed by atoms with Gasteiger partial charge in [-0.2, -0.15) is 4.76 Å². The number of ether oxygens (including phenoxy) is 1. The van der Waals surface area contributed by atoms with E-state index in [1.807, 2.05) is 20.8 Å². The van der Waals surface area contributed by atoms with E-state index >= 15 is 0 Å². The molecular weight excluding hydrogens is 435 g/mol. The van der Waals surface area contributed by atoms with Crippen LogP contribution in [0.2, 0.25) is 0 Å². The van der Waals surface area contributed by atoms with Crippen molar-refractivity contribution in [2.24, 2.45) is 16.4 Å². The minimum atomic E-state index is -4.28. The smallest absolute Gasteiger partial charge is 0.346 e. The van der Waals surface area contributed by atoms with Gasteiger partial charge in [-0.3, -0.25) is 9.36 Å². The van der Waals surface area contributed by atoms with Gasteiger partial charge in [0.25, 0.3) is 5.91 Å². The summed E-state index contributed by atoms with van der Waals surface area (Å²) in [6.45, 7) is 5.94. The van der Waals surface area contributed by atoms with Crippen molar-refractivity contribution in [3.05, 3.63) is 29.5 Å². The molecule has 1 aromatic heterocycles. The van der Waals surface area contributed by atoms with Crippen molar-refractivity contribution in [2.45, 2.75) is 45.6 Å². The lowest BCUT2D eigenvalue weighted by Crippen LogP contribution is -2.25. The molecule has 32 heavy (non-hydrogen) atoms. The maximum Gasteiger partial charge on any atom is 0.346 e. The van der Waals surface area contributed by atoms with Crippen molar-refractivity contribution < 1.29 is 29.2 Å². The van der Waals surface area contributed by atoms with Crippen LogP contribution in [-0.2, 0) is 21.3 Å². The van der Waals surface area contributed by atoms with Gasteiger partial charge in [-0.05, 0) is 37.0 Å². The predicted octanol–water partition coefficient (Wildman–Crippen LogP) is 2.15.